The van der Waals surface area contributed by atoms with Crippen molar-refractivity contribution in [1.82, 2.24) is 14.5 Å². The summed E-state index contributed by atoms with van der Waals surface area (Å²) in [5.41, 5.74) is 1.51. The van der Waals surface area contributed by atoms with Crippen molar-refractivity contribution in [2.45, 2.75) is 76.0 Å². The van der Waals surface area contributed by atoms with Crippen molar-refractivity contribution >= 4 is 27.6 Å². The molecule has 11 heteroatoms. The summed E-state index contributed by atoms with van der Waals surface area (Å²) in [6.45, 7) is 5.57. The molecule has 3 atom stereocenters. The van der Waals surface area contributed by atoms with E-state index in [0.29, 0.717) is 5.69 Å². The highest BCUT2D eigenvalue weighted by molar-refractivity contribution is 7.89. The Hall–Kier alpha value is -3.15. The fourth-order valence-electron chi connectivity index (χ4n) is 5.39. The molecule has 3 N–H and O–H groups in total. The maximum atomic E-state index is 13.7. The lowest BCUT2D eigenvalue weighted by Gasteiger charge is -2.38. The number of nitrogens with one attached hydrogen (secondary N) is 2. The quantitative estimate of drug-likeness (QED) is 0.429. The average Bonchev–Trinajstić information content (AvgIpc) is 2.95. The Balaban J connectivity index is 1.65. The van der Waals surface area contributed by atoms with E-state index in [9.17, 15) is 23.1 Å². The number of carbonyl (C=O) groups is 2. The summed E-state index contributed by atoms with van der Waals surface area (Å²) in [5.74, 6) is -0.450. The first-order valence-corrected chi connectivity index (χ1v) is 15.8. The smallest absolute Gasteiger partial charge is 0.319 e. The molecule has 0 radical (unpaired) electrons. The van der Waals surface area contributed by atoms with Gasteiger partial charge in [0.15, 0.2) is 5.75 Å². The van der Waals surface area contributed by atoms with Crippen molar-refractivity contribution in [1.29, 1.82) is 0 Å². The summed E-state index contributed by atoms with van der Waals surface area (Å²) in [4.78, 5) is 28.4. The number of carbonyl (C=O) groups excluding carboxylic acids is 2. The molecule has 1 saturated carbocycles. The van der Waals surface area contributed by atoms with Gasteiger partial charge in [0.25, 0.3) is 5.91 Å². The van der Waals surface area contributed by atoms with Gasteiger partial charge >= 0.3 is 6.03 Å². The van der Waals surface area contributed by atoms with Crippen molar-refractivity contribution in [3.05, 3.63) is 53.6 Å². The zero-order valence-corrected chi connectivity index (χ0v) is 25.1. The van der Waals surface area contributed by atoms with Crippen LogP contribution in [0, 0.1) is 12.8 Å². The zero-order chi connectivity index (χ0) is 29.7. The van der Waals surface area contributed by atoms with Crippen LogP contribution >= 0.6 is 0 Å². The van der Waals surface area contributed by atoms with Crippen molar-refractivity contribution < 1.29 is 27.9 Å². The number of fused-ring (bicyclic) bond motifs is 1. The molecule has 1 fully saturated rings. The number of aliphatic hydroxyl groups is 1. The molecule has 0 aromatic heterocycles. The highest BCUT2D eigenvalue weighted by Gasteiger charge is 2.36. The van der Waals surface area contributed by atoms with Crippen LogP contribution in [0.4, 0.5) is 10.5 Å². The predicted octanol–water partition coefficient (Wildman–Crippen LogP) is 3.99. The van der Waals surface area contributed by atoms with E-state index in [-0.39, 0.29) is 59.8 Å². The molecule has 2 aliphatic rings. The number of hydrogen-bond donors (Lipinski definition) is 3. The second-order valence-corrected chi connectivity index (χ2v) is 13.4. The lowest BCUT2D eigenvalue weighted by atomic mass is 9.96. The number of amides is 3. The highest BCUT2D eigenvalue weighted by atomic mass is 32.2. The predicted molar refractivity (Wildman–Crippen MR) is 158 cm³/mol. The van der Waals surface area contributed by atoms with Gasteiger partial charge in [-0.1, -0.05) is 49.9 Å². The fourth-order valence-corrected chi connectivity index (χ4v) is 6.58. The normalized spacial score (nSPS) is 20.9. The number of likely N-dealkylation sites (N-methyl/N-ethyl adjacent to an activating group) is 1. The summed E-state index contributed by atoms with van der Waals surface area (Å²) in [7, 11) is -2.31. The summed E-state index contributed by atoms with van der Waals surface area (Å²) < 4.78 is 34.5. The van der Waals surface area contributed by atoms with Gasteiger partial charge < -0.3 is 25.4 Å². The lowest BCUT2D eigenvalue weighted by Crippen LogP contribution is -2.50. The first kappa shape index (κ1) is 30.8. The number of aliphatic hydroxyl groups excluding tert-OH is 1. The SMILES string of the molecule is Cc1ccc(S(=O)(=O)N(C)C[C@H]2Oc3c(NC(=O)NC4CCCCC4)cccc3C(=O)N([C@@H](C)CO)C[C@H]2C)cc1. The summed E-state index contributed by atoms with van der Waals surface area (Å²) in [5, 5.41) is 15.8. The molecule has 0 unspecified atom stereocenters. The Morgan fingerprint density at radius 2 is 1.83 bits per heavy atom. The molecule has 2 aromatic rings. The molecule has 3 amide bonds. The molecule has 224 valence electrons. The Labute approximate surface area is 243 Å². The van der Waals surface area contributed by atoms with Crippen LogP contribution in [0.1, 0.15) is 61.9 Å². The molecule has 0 bridgehead atoms. The van der Waals surface area contributed by atoms with Gasteiger partial charge in [-0.25, -0.2) is 13.2 Å². The number of sulfonamides is 1. The second kappa shape index (κ2) is 13.2. The van der Waals surface area contributed by atoms with Crippen LogP contribution in [0.2, 0.25) is 0 Å². The standard InChI is InChI=1S/C30H42N4O6S/c1-20-13-15-24(16-14-20)41(38,39)33(4)18-27-21(2)17-34(22(3)19-35)29(36)25-11-8-12-26(28(25)40-27)32-30(37)31-23-9-6-5-7-10-23/h8,11-16,21-23,27,35H,5-7,9-10,17-19H2,1-4H3,(H2,31,32,37)/t21-,22+,27-/m1/s1. The van der Waals surface area contributed by atoms with E-state index in [1.54, 1.807) is 54.3 Å². The number of urea groups is 1. The topological polar surface area (TPSA) is 128 Å². The van der Waals surface area contributed by atoms with Crippen LogP contribution in [-0.4, -0.2) is 79.6 Å². The summed E-state index contributed by atoms with van der Waals surface area (Å²) >= 11 is 0. The van der Waals surface area contributed by atoms with E-state index in [1.807, 2.05) is 13.8 Å². The van der Waals surface area contributed by atoms with Crippen LogP contribution < -0.4 is 15.4 Å². The number of benzene rings is 2. The molecule has 1 heterocycles. The van der Waals surface area contributed by atoms with Crippen molar-refractivity contribution in [2.24, 2.45) is 5.92 Å². The number of ether oxygens (including phenoxy) is 1. The molecule has 4 rings (SSSR count). The molecule has 10 nitrogen and oxygen atoms in total. The monoisotopic (exact) mass is 586 g/mol. The Morgan fingerprint density at radius 1 is 1.15 bits per heavy atom. The summed E-state index contributed by atoms with van der Waals surface area (Å²) in [6, 6.07) is 10.9. The Bertz CT molecular complexity index is 1330. The molecule has 0 saturated heterocycles. The zero-order valence-electron chi connectivity index (χ0n) is 24.3. The van der Waals surface area contributed by atoms with Gasteiger partial charge in [-0.3, -0.25) is 4.79 Å². The molecule has 2 aromatic carbocycles. The first-order valence-electron chi connectivity index (χ1n) is 14.3. The summed E-state index contributed by atoms with van der Waals surface area (Å²) in [6.07, 6.45) is 4.49. The largest absolute Gasteiger partial charge is 0.486 e. The minimum absolute atomic E-state index is 0.00889. The second-order valence-electron chi connectivity index (χ2n) is 11.3. The maximum absolute atomic E-state index is 13.7. The van der Waals surface area contributed by atoms with Gasteiger partial charge in [-0.15, -0.1) is 0 Å². The van der Waals surface area contributed by atoms with Crippen LogP contribution in [0.5, 0.6) is 5.75 Å². The number of hydrogen-bond acceptors (Lipinski definition) is 6. The van der Waals surface area contributed by atoms with E-state index in [1.165, 1.54) is 17.8 Å². The van der Waals surface area contributed by atoms with Crippen molar-refractivity contribution in [3.8, 4) is 5.75 Å². The number of rotatable bonds is 8. The van der Waals surface area contributed by atoms with Gasteiger partial charge in [0.1, 0.15) is 6.10 Å². The third kappa shape index (κ3) is 7.20. The first-order chi connectivity index (χ1) is 19.5. The van der Waals surface area contributed by atoms with Crippen LogP contribution in [-0.2, 0) is 10.0 Å². The van der Waals surface area contributed by atoms with E-state index >= 15 is 0 Å². The van der Waals surface area contributed by atoms with Crippen molar-refractivity contribution in [3.63, 3.8) is 0 Å². The highest BCUT2D eigenvalue weighted by Crippen LogP contribution is 2.35. The number of nitrogens with zero attached hydrogens (tertiary/aromatic N) is 2. The van der Waals surface area contributed by atoms with E-state index in [0.717, 1.165) is 31.2 Å². The van der Waals surface area contributed by atoms with Gasteiger partial charge in [0.2, 0.25) is 10.0 Å². The maximum Gasteiger partial charge on any atom is 0.319 e. The number of aryl methyl sites for hydroxylation is 1. The molecule has 41 heavy (non-hydrogen) atoms. The third-order valence-corrected chi connectivity index (χ3v) is 9.88. The van der Waals surface area contributed by atoms with Gasteiger partial charge in [-0.05, 0) is 51.0 Å². The molecular weight excluding hydrogens is 544 g/mol. The molecule has 0 spiro atoms. The van der Waals surface area contributed by atoms with Crippen LogP contribution in [0.3, 0.4) is 0 Å². The number of para-hydroxylation sites is 1. The Kier molecular flexibility index (Phi) is 9.93. The van der Waals surface area contributed by atoms with E-state index in [2.05, 4.69) is 10.6 Å². The fraction of sp³-hybridized carbons (Fsp3) is 0.533. The average molecular weight is 587 g/mol. The van der Waals surface area contributed by atoms with E-state index < -0.39 is 22.2 Å². The molecule has 1 aliphatic heterocycles. The van der Waals surface area contributed by atoms with Gasteiger partial charge in [-0.2, -0.15) is 4.31 Å². The minimum Gasteiger partial charge on any atom is -0.486 e. The number of anilines is 1. The minimum atomic E-state index is -3.81. The van der Waals surface area contributed by atoms with Crippen LogP contribution in [0.25, 0.3) is 0 Å². The Morgan fingerprint density at radius 3 is 2.49 bits per heavy atom. The van der Waals surface area contributed by atoms with Crippen molar-refractivity contribution in [2.75, 3.05) is 32.1 Å². The van der Waals surface area contributed by atoms with E-state index in [4.69, 9.17) is 4.74 Å². The van der Waals surface area contributed by atoms with Gasteiger partial charge in [0, 0.05) is 25.6 Å². The lowest BCUT2D eigenvalue weighted by molar-refractivity contribution is 0.0389. The van der Waals surface area contributed by atoms with Crippen LogP contribution in [0.15, 0.2) is 47.4 Å². The molecular formula is C30H42N4O6S. The molecule has 1 aliphatic carbocycles. The third-order valence-electron chi connectivity index (χ3n) is 8.05. The van der Waals surface area contributed by atoms with Gasteiger partial charge in [0.05, 0.1) is 35.3 Å².